The van der Waals surface area contributed by atoms with Crippen molar-refractivity contribution in [2.24, 2.45) is 17.3 Å². The average molecular weight is 281 g/mol. The maximum Gasteiger partial charge on any atom is 0.0186 e. The van der Waals surface area contributed by atoms with Crippen LogP contribution < -0.4 is 0 Å². The van der Waals surface area contributed by atoms with Crippen LogP contribution in [0.15, 0.2) is 23.3 Å². The Morgan fingerprint density at radius 1 is 1.31 bits per heavy atom. The van der Waals surface area contributed by atoms with Gasteiger partial charge in [0.1, 0.15) is 0 Å². The van der Waals surface area contributed by atoms with Gasteiger partial charge in [-0.2, -0.15) is 0 Å². The van der Waals surface area contributed by atoms with Gasteiger partial charge in [0.15, 0.2) is 0 Å². The van der Waals surface area contributed by atoms with Crippen molar-refractivity contribution in [1.29, 1.82) is 0 Å². The van der Waals surface area contributed by atoms with E-state index < -0.39 is 0 Å². The smallest absolute Gasteiger partial charge is 0.0186 e. The monoisotopic (exact) mass is 280 g/mol. The molecule has 3 aliphatic carbocycles. The Labute approximate surface area is 107 Å². The van der Waals surface area contributed by atoms with Gasteiger partial charge in [-0.1, -0.05) is 53.1 Å². The first-order valence-electron chi connectivity index (χ1n) is 6.64. The predicted molar refractivity (Wildman–Crippen MR) is 72.7 cm³/mol. The first-order valence-corrected chi connectivity index (χ1v) is 7.55. The molecular formula is C15H21Br. The van der Waals surface area contributed by atoms with E-state index >= 15 is 0 Å². The van der Waals surface area contributed by atoms with Gasteiger partial charge >= 0.3 is 0 Å². The Bertz CT molecular complexity index is 362. The van der Waals surface area contributed by atoms with E-state index in [1.54, 1.807) is 5.57 Å². The first-order chi connectivity index (χ1) is 7.60. The van der Waals surface area contributed by atoms with Gasteiger partial charge in [0.05, 0.1) is 0 Å². The maximum absolute atomic E-state index is 3.82. The molecule has 0 spiro atoms. The van der Waals surface area contributed by atoms with Gasteiger partial charge < -0.3 is 0 Å². The highest BCUT2D eigenvalue weighted by Crippen LogP contribution is 2.58. The van der Waals surface area contributed by atoms with E-state index in [1.165, 1.54) is 32.1 Å². The summed E-state index contributed by atoms with van der Waals surface area (Å²) in [5.41, 5.74) is 4.06. The zero-order valence-corrected chi connectivity index (χ0v) is 11.9. The van der Waals surface area contributed by atoms with Gasteiger partial charge in [-0.15, -0.1) is 0 Å². The molecular weight excluding hydrogens is 260 g/mol. The molecule has 0 aromatic heterocycles. The van der Waals surface area contributed by atoms with Crippen LogP contribution in [0.1, 0.15) is 46.0 Å². The Balaban J connectivity index is 2.03. The average Bonchev–Trinajstić information content (AvgIpc) is 2.49. The molecule has 0 bridgehead atoms. The summed E-state index contributed by atoms with van der Waals surface area (Å²) in [5.74, 6) is 1.68. The van der Waals surface area contributed by atoms with Crippen molar-refractivity contribution in [3.05, 3.63) is 23.3 Å². The summed E-state index contributed by atoms with van der Waals surface area (Å²) in [7, 11) is 0. The van der Waals surface area contributed by atoms with Crippen LogP contribution in [0.4, 0.5) is 0 Å². The summed E-state index contributed by atoms with van der Waals surface area (Å²) in [5, 5.41) is 0. The van der Waals surface area contributed by atoms with Crippen molar-refractivity contribution in [1.82, 2.24) is 0 Å². The fraction of sp³-hybridized carbons (Fsp3) is 0.733. The molecule has 3 unspecified atom stereocenters. The number of rotatable bonds is 0. The highest BCUT2D eigenvalue weighted by molar-refractivity contribution is 9.09. The van der Waals surface area contributed by atoms with Gasteiger partial charge in [-0.3, -0.25) is 0 Å². The van der Waals surface area contributed by atoms with Crippen molar-refractivity contribution in [3.8, 4) is 0 Å². The molecule has 16 heavy (non-hydrogen) atoms. The molecule has 0 aliphatic heterocycles. The molecule has 0 radical (unpaired) electrons. The molecule has 3 aliphatic rings. The van der Waals surface area contributed by atoms with E-state index in [2.05, 4.69) is 41.9 Å². The third kappa shape index (κ3) is 1.47. The van der Waals surface area contributed by atoms with E-state index in [4.69, 9.17) is 0 Å². The molecule has 88 valence electrons. The van der Waals surface area contributed by atoms with E-state index in [9.17, 15) is 0 Å². The summed E-state index contributed by atoms with van der Waals surface area (Å²) < 4.78 is 0. The van der Waals surface area contributed by atoms with Crippen LogP contribution in [0, 0.1) is 17.3 Å². The molecule has 3 atom stereocenters. The fourth-order valence-corrected chi connectivity index (χ4v) is 4.72. The molecule has 0 saturated heterocycles. The number of allylic oxidation sites excluding steroid dienone is 4. The van der Waals surface area contributed by atoms with Gasteiger partial charge in [0, 0.05) is 4.83 Å². The fourth-order valence-electron chi connectivity index (χ4n) is 4.17. The van der Waals surface area contributed by atoms with Gasteiger partial charge in [0.25, 0.3) is 0 Å². The molecule has 0 saturated carbocycles. The second kappa shape index (κ2) is 3.73. The Hall–Kier alpha value is -0.0400. The normalized spacial score (nSPS) is 40.8. The number of halogens is 1. The van der Waals surface area contributed by atoms with Gasteiger partial charge in [-0.05, 0) is 49.4 Å². The van der Waals surface area contributed by atoms with Crippen LogP contribution in [0.5, 0.6) is 0 Å². The third-order valence-corrected chi connectivity index (χ3v) is 5.80. The Kier molecular flexibility index (Phi) is 2.58. The molecule has 0 aromatic carbocycles. The highest BCUT2D eigenvalue weighted by Gasteiger charge is 2.47. The lowest BCUT2D eigenvalue weighted by Crippen LogP contribution is -2.25. The third-order valence-electron chi connectivity index (χ3n) is 5.02. The van der Waals surface area contributed by atoms with E-state index in [0.717, 1.165) is 16.7 Å². The summed E-state index contributed by atoms with van der Waals surface area (Å²) in [6.45, 7) is 4.93. The minimum absolute atomic E-state index is 0.420. The van der Waals surface area contributed by atoms with E-state index in [0.29, 0.717) is 5.41 Å². The standard InChI is InChI=1S/C15H21Br/c1-15(2)13-6-4-3-5-11(13)12-8-7-10(16)9-14(12)15/h4,6,10-11,13H,3,5,7-9H2,1-2H3. The lowest BCUT2D eigenvalue weighted by atomic mass is 9.71. The van der Waals surface area contributed by atoms with Crippen LogP contribution in [0.2, 0.25) is 0 Å². The number of alkyl halides is 1. The summed E-state index contributed by atoms with van der Waals surface area (Å²) in [6, 6.07) is 0. The minimum Gasteiger partial charge on any atom is -0.0887 e. The number of hydrogen-bond donors (Lipinski definition) is 0. The Morgan fingerprint density at radius 3 is 2.94 bits per heavy atom. The zero-order chi connectivity index (χ0) is 11.3. The van der Waals surface area contributed by atoms with Crippen molar-refractivity contribution in [3.63, 3.8) is 0 Å². The second-order valence-electron chi connectivity index (χ2n) is 6.20. The van der Waals surface area contributed by atoms with Crippen LogP contribution in [-0.2, 0) is 0 Å². The van der Waals surface area contributed by atoms with Crippen LogP contribution in [0.25, 0.3) is 0 Å². The quantitative estimate of drug-likeness (QED) is 0.439. The lowest BCUT2D eigenvalue weighted by Gasteiger charge is -2.33. The summed E-state index contributed by atoms with van der Waals surface area (Å²) in [6.07, 6.45) is 11.6. The summed E-state index contributed by atoms with van der Waals surface area (Å²) >= 11 is 3.82. The van der Waals surface area contributed by atoms with Crippen molar-refractivity contribution < 1.29 is 0 Å². The van der Waals surface area contributed by atoms with Crippen LogP contribution in [-0.4, -0.2) is 4.83 Å². The van der Waals surface area contributed by atoms with E-state index in [1.807, 2.05) is 5.57 Å². The van der Waals surface area contributed by atoms with Crippen molar-refractivity contribution >= 4 is 15.9 Å². The largest absolute Gasteiger partial charge is 0.0887 e. The second-order valence-corrected chi connectivity index (χ2v) is 7.50. The lowest BCUT2D eigenvalue weighted by molar-refractivity contribution is 0.269. The predicted octanol–water partition coefficient (Wildman–Crippen LogP) is 4.85. The Morgan fingerprint density at radius 2 is 2.12 bits per heavy atom. The molecule has 0 nitrogen and oxygen atoms in total. The molecule has 1 heteroatoms. The van der Waals surface area contributed by atoms with Crippen LogP contribution in [0.3, 0.4) is 0 Å². The van der Waals surface area contributed by atoms with Gasteiger partial charge in [0.2, 0.25) is 0 Å². The SMILES string of the molecule is CC1(C)C2=C(CCC(Br)C2)C2CCC=CC21. The number of hydrogen-bond acceptors (Lipinski definition) is 0. The molecule has 0 amide bonds. The molecule has 3 rings (SSSR count). The minimum atomic E-state index is 0.420. The molecule has 0 fully saturated rings. The van der Waals surface area contributed by atoms with E-state index in [-0.39, 0.29) is 0 Å². The summed E-state index contributed by atoms with van der Waals surface area (Å²) in [4.78, 5) is 0.731. The highest BCUT2D eigenvalue weighted by atomic mass is 79.9. The molecule has 0 heterocycles. The zero-order valence-electron chi connectivity index (χ0n) is 10.3. The number of fused-ring (bicyclic) bond motifs is 2. The first kappa shape index (κ1) is 11.1. The molecule has 0 N–H and O–H groups in total. The maximum atomic E-state index is 3.82. The van der Waals surface area contributed by atoms with Crippen molar-refractivity contribution in [2.45, 2.75) is 50.8 Å². The topological polar surface area (TPSA) is 0 Å². The van der Waals surface area contributed by atoms with Crippen molar-refractivity contribution in [2.75, 3.05) is 0 Å². The van der Waals surface area contributed by atoms with Crippen LogP contribution >= 0.6 is 15.9 Å². The molecule has 0 aromatic rings. The van der Waals surface area contributed by atoms with Gasteiger partial charge in [-0.25, -0.2) is 0 Å².